The lowest BCUT2D eigenvalue weighted by atomic mass is 10.3. The van der Waals surface area contributed by atoms with E-state index < -0.39 is 20.2 Å². The molecule has 0 atom stereocenters. The minimum atomic E-state index is -5.31. The second-order valence-corrected chi connectivity index (χ2v) is 6.10. The molecular weight excluding hydrogens is 309 g/mol. The van der Waals surface area contributed by atoms with Crippen LogP contribution in [0.2, 0.25) is 0 Å². The number of rotatable bonds is 4. The molecule has 114 valence electrons. The fourth-order valence-corrected chi connectivity index (χ4v) is 2.29. The van der Waals surface area contributed by atoms with Gasteiger partial charge in [0.2, 0.25) is 0 Å². The van der Waals surface area contributed by atoms with Crippen LogP contribution in [0.1, 0.15) is 5.82 Å². The Morgan fingerprint density at radius 2 is 1.86 bits per heavy atom. The monoisotopic (exact) mass is 320 g/mol. The van der Waals surface area contributed by atoms with Crippen molar-refractivity contribution in [3.05, 3.63) is 36.4 Å². The van der Waals surface area contributed by atoms with Gasteiger partial charge in [-0.05, 0) is 24.3 Å². The van der Waals surface area contributed by atoms with Crippen LogP contribution in [0.15, 0.2) is 35.5 Å². The molecule has 0 spiro atoms. The first kappa shape index (κ1) is 15.3. The molecular formula is C11H11F3N4O2S. The number of nitrogens with zero attached hydrogens (tertiary/aromatic N) is 3. The van der Waals surface area contributed by atoms with Gasteiger partial charge in [0, 0.05) is 12.7 Å². The number of aryl methyl sites for hydroxylation is 1. The molecule has 0 saturated carbocycles. The summed E-state index contributed by atoms with van der Waals surface area (Å²) in [6.45, 7) is 0.270. The van der Waals surface area contributed by atoms with E-state index in [2.05, 4.69) is 15.4 Å². The Kier molecular flexibility index (Phi) is 3.90. The second kappa shape index (κ2) is 5.35. The van der Waals surface area contributed by atoms with Crippen molar-refractivity contribution in [2.45, 2.75) is 16.9 Å². The van der Waals surface area contributed by atoms with Crippen LogP contribution in [0.4, 0.5) is 18.9 Å². The molecule has 0 aliphatic heterocycles. The Balaban J connectivity index is 2.09. The predicted octanol–water partition coefficient (Wildman–Crippen LogP) is 1.72. The Labute approximate surface area is 118 Å². The highest BCUT2D eigenvalue weighted by atomic mass is 32.2. The molecule has 0 radical (unpaired) electrons. The summed E-state index contributed by atoms with van der Waals surface area (Å²) in [5.74, 6) is 0.504. The van der Waals surface area contributed by atoms with E-state index in [1.54, 1.807) is 7.05 Å². The van der Waals surface area contributed by atoms with E-state index in [9.17, 15) is 21.6 Å². The van der Waals surface area contributed by atoms with Crippen LogP contribution in [0.5, 0.6) is 0 Å². The van der Waals surface area contributed by atoms with Gasteiger partial charge in [-0.2, -0.15) is 18.3 Å². The van der Waals surface area contributed by atoms with Gasteiger partial charge in [-0.1, -0.05) is 0 Å². The first-order chi connectivity index (χ1) is 9.70. The number of anilines is 1. The van der Waals surface area contributed by atoms with Gasteiger partial charge >= 0.3 is 5.51 Å². The van der Waals surface area contributed by atoms with Gasteiger partial charge in [-0.25, -0.2) is 13.4 Å². The highest BCUT2D eigenvalue weighted by Gasteiger charge is 2.46. The Hall–Kier alpha value is -2.10. The molecule has 1 aromatic heterocycles. The summed E-state index contributed by atoms with van der Waals surface area (Å²) in [7, 11) is -3.61. The summed E-state index contributed by atoms with van der Waals surface area (Å²) in [6, 6.07) is 4.30. The Morgan fingerprint density at radius 3 is 2.33 bits per heavy atom. The summed E-state index contributed by atoms with van der Waals surface area (Å²) in [5.41, 5.74) is -4.84. The molecule has 0 aliphatic rings. The molecule has 21 heavy (non-hydrogen) atoms. The van der Waals surface area contributed by atoms with Crippen molar-refractivity contribution in [2.24, 2.45) is 7.05 Å². The highest BCUT2D eigenvalue weighted by Crippen LogP contribution is 2.30. The van der Waals surface area contributed by atoms with E-state index in [-0.39, 0.29) is 6.54 Å². The molecule has 0 unspecified atom stereocenters. The molecule has 2 rings (SSSR count). The molecule has 10 heteroatoms. The predicted molar refractivity (Wildman–Crippen MR) is 68.0 cm³/mol. The first-order valence-electron chi connectivity index (χ1n) is 5.70. The molecule has 0 bridgehead atoms. The summed E-state index contributed by atoms with van der Waals surface area (Å²) in [5, 5.41) is 6.89. The number of sulfone groups is 1. The zero-order chi connectivity index (χ0) is 15.7. The van der Waals surface area contributed by atoms with Crippen molar-refractivity contribution in [2.75, 3.05) is 5.32 Å². The van der Waals surface area contributed by atoms with Crippen molar-refractivity contribution in [3.63, 3.8) is 0 Å². The van der Waals surface area contributed by atoms with E-state index in [1.165, 1.54) is 23.1 Å². The smallest absolute Gasteiger partial charge is 0.378 e. The van der Waals surface area contributed by atoms with Crippen molar-refractivity contribution >= 4 is 15.5 Å². The SMILES string of the molecule is Cn1cnc(CNc2ccc(S(=O)(=O)C(F)(F)F)cc2)n1. The lowest BCUT2D eigenvalue weighted by Crippen LogP contribution is -2.23. The fourth-order valence-electron chi connectivity index (χ4n) is 1.53. The van der Waals surface area contributed by atoms with E-state index in [0.29, 0.717) is 11.5 Å². The van der Waals surface area contributed by atoms with Crippen LogP contribution in [-0.4, -0.2) is 28.7 Å². The number of hydrogen-bond acceptors (Lipinski definition) is 5. The molecule has 0 aliphatic carbocycles. The third kappa shape index (κ3) is 3.32. The number of halogens is 3. The van der Waals surface area contributed by atoms with E-state index in [4.69, 9.17) is 0 Å². The molecule has 0 fully saturated rings. The van der Waals surface area contributed by atoms with Gasteiger partial charge in [-0.15, -0.1) is 0 Å². The summed E-state index contributed by atoms with van der Waals surface area (Å²) in [6.07, 6.45) is 1.51. The summed E-state index contributed by atoms with van der Waals surface area (Å²) in [4.78, 5) is 3.17. The average Bonchev–Trinajstić information content (AvgIpc) is 2.81. The molecule has 1 N–H and O–H groups in total. The number of benzene rings is 1. The average molecular weight is 320 g/mol. The zero-order valence-electron chi connectivity index (χ0n) is 10.8. The standard InChI is InChI=1S/C11H11F3N4O2S/c1-18-7-16-10(17-18)6-15-8-2-4-9(5-3-8)21(19,20)11(12,13)14/h2-5,7,15H,6H2,1H3. The molecule has 1 aromatic carbocycles. The molecule has 2 aromatic rings. The number of nitrogens with one attached hydrogen (secondary N) is 1. The van der Waals surface area contributed by atoms with Crippen LogP contribution >= 0.6 is 0 Å². The summed E-state index contributed by atoms with van der Waals surface area (Å²) >= 11 is 0. The number of aromatic nitrogens is 3. The third-order valence-corrected chi connectivity index (χ3v) is 4.07. The lowest BCUT2D eigenvalue weighted by molar-refractivity contribution is -0.0436. The van der Waals surface area contributed by atoms with Crippen LogP contribution in [0.3, 0.4) is 0 Å². The minimum Gasteiger partial charge on any atom is -0.378 e. The Bertz CT molecular complexity index is 723. The maximum absolute atomic E-state index is 12.4. The first-order valence-corrected chi connectivity index (χ1v) is 7.18. The normalized spacial score (nSPS) is 12.4. The largest absolute Gasteiger partial charge is 0.501 e. The van der Waals surface area contributed by atoms with Gasteiger partial charge in [0.25, 0.3) is 9.84 Å². The zero-order valence-corrected chi connectivity index (χ0v) is 11.6. The third-order valence-electron chi connectivity index (χ3n) is 2.57. The topological polar surface area (TPSA) is 76.9 Å². The highest BCUT2D eigenvalue weighted by molar-refractivity contribution is 7.92. The quantitative estimate of drug-likeness (QED) is 0.928. The van der Waals surface area contributed by atoms with E-state index in [0.717, 1.165) is 12.1 Å². The molecule has 0 amide bonds. The molecule has 0 saturated heterocycles. The van der Waals surface area contributed by atoms with Crippen LogP contribution in [0.25, 0.3) is 0 Å². The number of hydrogen-bond donors (Lipinski definition) is 1. The molecule has 6 nitrogen and oxygen atoms in total. The van der Waals surface area contributed by atoms with Crippen molar-refractivity contribution in [3.8, 4) is 0 Å². The van der Waals surface area contributed by atoms with E-state index in [1.807, 2.05) is 0 Å². The minimum absolute atomic E-state index is 0.270. The Morgan fingerprint density at radius 1 is 1.24 bits per heavy atom. The summed E-state index contributed by atoms with van der Waals surface area (Å²) < 4.78 is 61.0. The number of alkyl halides is 3. The fraction of sp³-hybridized carbons (Fsp3) is 0.273. The van der Waals surface area contributed by atoms with Crippen LogP contribution in [-0.2, 0) is 23.4 Å². The maximum atomic E-state index is 12.4. The van der Waals surface area contributed by atoms with Crippen LogP contribution in [0, 0.1) is 0 Å². The van der Waals surface area contributed by atoms with Crippen LogP contribution < -0.4 is 5.32 Å². The second-order valence-electron chi connectivity index (χ2n) is 4.16. The van der Waals surface area contributed by atoms with Crippen molar-refractivity contribution in [1.29, 1.82) is 0 Å². The molecule has 1 heterocycles. The van der Waals surface area contributed by atoms with Crippen molar-refractivity contribution < 1.29 is 21.6 Å². The van der Waals surface area contributed by atoms with Crippen molar-refractivity contribution in [1.82, 2.24) is 14.8 Å². The lowest BCUT2D eigenvalue weighted by Gasteiger charge is -2.09. The van der Waals surface area contributed by atoms with Gasteiger partial charge < -0.3 is 5.32 Å². The van der Waals surface area contributed by atoms with Gasteiger partial charge in [-0.3, -0.25) is 4.68 Å². The van der Waals surface area contributed by atoms with Gasteiger partial charge in [0.1, 0.15) is 6.33 Å². The van der Waals surface area contributed by atoms with E-state index >= 15 is 0 Å². The maximum Gasteiger partial charge on any atom is 0.501 e. The van der Waals surface area contributed by atoms with Gasteiger partial charge in [0.05, 0.1) is 11.4 Å². The van der Waals surface area contributed by atoms with Gasteiger partial charge in [0.15, 0.2) is 5.82 Å².